The zero-order valence-electron chi connectivity index (χ0n) is 9.83. The molecule has 8 heteroatoms. The Bertz CT molecular complexity index is 465. The standard InChI is InChI=1S/C10H12Cl2N4O2/c1-5(2)14-8(17)4-13-10(18)6-3-7(11)15-16-9(6)12/h3,5H,4H2,1-2H3,(H,13,18)(H,14,17). The van der Waals surface area contributed by atoms with Crippen LogP contribution >= 0.6 is 23.2 Å². The molecule has 6 nitrogen and oxygen atoms in total. The van der Waals surface area contributed by atoms with Crippen molar-refractivity contribution >= 4 is 35.0 Å². The number of amides is 2. The number of rotatable bonds is 4. The summed E-state index contributed by atoms with van der Waals surface area (Å²) in [5, 5.41) is 12.0. The van der Waals surface area contributed by atoms with Gasteiger partial charge in [0.1, 0.15) is 0 Å². The van der Waals surface area contributed by atoms with E-state index in [0.717, 1.165) is 0 Å². The van der Waals surface area contributed by atoms with E-state index < -0.39 is 5.91 Å². The van der Waals surface area contributed by atoms with Crippen molar-refractivity contribution < 1.29 is 9.59 Å². The number of nitrogens with one attached hydrogen (secondary N) is 2. The highest BCUT2D eigenvalue weighted by molar-refractivity contribution is 6.34. The van der Waals surface area contributed by atoms with Crippen LogP contribution in [0.5, 0.6) is 0 Å². The topological polar surface area (TPSA) is 84.0 Å². The van der Waals surface area contributed by atoms with Gasteiger partial charge in [-0.1, -0.05) is 23.2 Å². The fourth-order valence-corrected chi connectivity index (χ4v) is 1.47. The molecule has 0 saturated heterocycles. The lowest BCUT2D eigenvalue weighted by molar-refractivity contribution is -0.120. The summed E-state index contributed by atoms with van der Waals surface area (Å²) < 4.78 is 0. The van der Waals surface area contributed by atoms with E-state index in [4.69, 9.17) is 23.2 Å². The SMILES string of the molecule is CC(C)NC(=O)CNC(=O)c1cc(Cl)nnc1Cl. The zero-order valence-corrected chi connectivity index (χ0v) is 11.3. The average molecular weight is 291 g/mol. The van der Waals surface area contributed by atoms with Crippen molar-refractivity contribution in [3.8, 4) is 0 Å². The maximum atomic E-state index is 11.7. The van der Waals surface area contributed by atoms with Crippen molar-refractivity contribution in [3.63, 3.8) is 0 Å². The van der Waals surface area contributed by atoms with Crippen LogP contribution < -0.4 is 10.6 Å². The largest absolute Gasteiger partial charge is 0.352 e. The van der Waals surface area contributed by atoms with Crippen molar-refractivity contribution in [1.82, 2.24) is 20.8 Å². The maximum Gasteiger partial charge on any atom is 0.255 e. The van der Waals surface area contributed by atoms with Gasteiger partial charge in [-0.3, -0.25) is 9.59 Å². The van der Waals surface area contributed by atoms with Gasteiger partial charge in [0.25, 0.3) is 5.91 Å². The number of carbonyl (C=O) groups is 2. The van der Waals surface area contributed by atoms with Crippen LogP contribution in [0.1, 0.15) is 24.2 Å². The highest BCUT2D eigenvalue weighted by Gasteiger charge is 2.14. The molecule has 0 aliphatic rings. The summed E-state index contributed by atoms with van der Waals surface area (Å²) in [5.41, 5.74) is 0.0778. The summed E-state index contributed by atoms with van der Waals surface area (Å²) >= 11 is 11.3. The predicted octanol–water partition coefficient (Wildman–Crippen LogP) is 1.04. The first kappa shape index (κ1) is 14.7. The van der Waals surface area contributed by atoms with E-state index in [2.05, 4.69) is 20.8 Å². The minimum atomic E-state index is -0.532. The molecule has 0 aliphatic heterocycles. The molecule has 98 valence electrons. The van der Waals surface area contributed by atoms with Crippen LogP contribution in [0.25, 0.3) is 0 Å². The molecule has 0 atom stereocenters. The number of aromatic nitrogens is 2. The van der Waals surface area contributed by atoms with E-state index in [1.165, 1.54) is 6.07 Å². The first-order valence-corrected chi connectivity index (χ1v) is 5.92. The summed E-state index contributed by atoms with van der Waals surface area (Å²) in [4.78, 5) is 23.0. The molecule has 0 fully saturated rings. The van der Waals surface area contributed by atoms with Crippen molar-refractivity contribution in [2.45, 2.75) is 19.9 Å². The monoisotopic (exact) mass is 290 g/mol. The Morgan fingerprint density at radius 3 is 2.61 bits per heavy atom. The third-order valence-corrected chi connectivity index (χ3v) is 2.29. The Hall–Kier alpha value is -1.40. The lowest BCUT2D eigenvalue weighted by Crippen LogP contribution is -2.39. The first-order valence-electron chi connectivity index (χ1n) is 5.16. The minimum Gasteiger partial charge on any atom is -0.352 e. The molecule has 0 unspecified atom stereocenters. The lowest BCUT2D eigenvalue weighted by atomic mass is 10.3. The number of carbonyl (C=O) groups excluding carboxylic acids is 2. The molecule has 1 aromatic heterocycles. The number of nitrogens with zero attached hydrogens (tertiary/aromatic N) is 2. The Morgan fingerprint density at radius 2 is 2.00 bits per heavy atom. The van der Waals surface area contributed by atoms with Crippen LogP contribution in [-0.2, 0) is 4.79 Å². The molecule has 18 heavy (non-hydrogen) atoms. The third kappa shape index (κ3) is 4.46. The van der Waals surface area contributed by atoms with Crippen LogP contribution in [0.3, 0.4) is 0 Å². The molecule has 0 bridgehead atoms. The third-order valence-electron chi connectivity index (χ3n) is 1.82. The fraction of sp³-hybridized carbons (Fsp3) is 0.400. The smallest absolute Gasteiger partial charge is 0.255 e. The van der Waals surface area contributed by atoms with Crippen molar-refractivity contribution in [1.29, 1.82) is 0 Å². The molecule has 0 saturated carbocycles. The van der Waals surface area contributed by atoms with Crippen LogP contribution in [-0.4, -0.2) is 34.6 Å². The van der Waals surface area contributed by atoms with Gasteiger partial charge in [0, 0.05) is 6.04 Å². The van der Waals surface area contributed by atoms with Gasteiger partial charge < -0.3 is 10.6 Å². The van der Waals surface area contributed by atoms with Crippen LogP contribution in [0, 0.1) is 0 Å². The molecule has 0 radical (unpaired) electrons. The Morgan fingerprint density at radius 1 is 1.33 bits per heavy atom. The molecular formula is C10H12Cl2N4O2. The summed E-state index contributed by atoms with van der Waals surface area (Å²) in [7, 11) is 0. The molecule has 1 heterocycles. The second-order valence-electron chi connectivity index (χ2n) is 3.78. The average Bonchev–Trinajstić information content (AvgIpc) is 2.28. The van der Waals surface area contributed by atoms with Gasteiger partial charge in [-0.05, 0) is 19.9 Å². The Kier molecular flexibility index (Phi) is 5.30. The van der Waals surface area contributed by atoms with Crippen LogP contribution in [0.4, 0.5) is 0 Å². The van der Waals surface area contributed by atoms with E-state index in [-0.39, 0.29) is 34.4 Å². The molecule has 0 aromatic carbocycles. The maximum absolute atomic E-state index is 11.7. The summed E-state index contributed by atoms with van der Waals surface area (Å²) in [6.07, 6.45) is 0. The summed E-state index contributed by atoms with van der Waals surface area (Å²) in [6, 6.07) is 1.29. The fourth-order valence-electron chi connectivity index (χ4n) is 1.14. The quantitative estimate of drug-likeness (QED) is 0.868. The summed E-state index contributed by atoms with van der Waals surface area (Å²) in [5.74, 6) is -0.821. The minimum absolute atomic E-state index is 0.00928. The van der Waals surface area contributed by atoms with Crippen LogP contribution in [0.2, 0.25) is 10.3 Å². The molecule has 2 N–H and O–H groups in total. The van der Waals surface area contributed by atoms with Crippen LogP contribution in [0.15, 0.2) is 6.07 Å². The normalized spacial score (nSPS) is 10.3. The molecule has 2 amide bonds. The predicted molar refractivity (Wildman–Crippen MR) is 67.7 cm³/mol. The van der Waals surface area contributed by atoms with Gasteiger partial charge in [0.2, 0.25) is 5.91 Å². The molecule has 1 aromatic rings. The first-order chi connectivity index (χ1) is 8.40. The number of hydrogen-bond acceptors (Lipinski definition) is 4. The summed E-state index contributed by atoms with van der Waals surface area (Å²) in [6.45, 7) is 3.50. The number of hydrogen-bond donors (Lipinski definition) is 2. The highest BCUT2D eigenvalue weighted by atomic mass is 35.5. The molecule has 0 aliphatic carbocycles. The van der Waals surface area contributed by atoms with E-state index in [1.807, 2.05) is 13.8 Å². The molecular weight excluding hydrogens is 279 g/mol. The van der Waals surface area contributed by atoms with Gasteiger partial charge >= 0.3 is 0 Å². The number of halogens is 2. The van der Waals surface area contributed by atoms with E-state index in [0.29, 0.717) is 0 Å². The van der Waals surface area contributed by atoms with Crippen molar-refractivity contribution in [2.75, 3.05) is 6.54 Å². The van der Waals surface area contributed by atoms with Gasteiger partial charge in [0.15, 0.2) is 10.3 Å². The Balaban J connectivity index is 2.60. The van der Waals surface area contributed by atoms with E-state index in [1.54, 1.807) is 0 Å². The van der Waals surface area contributed by atoms with Crippen molar-refractivity contribution in [2.24, 2.45) is 0 Å². The second kappa shape index (κ2) is 6.51. The van der Waals surface area contributed by atoms with Crippen molar-refractivity contribution in [3.05, 3.63) is 21.9 Å². The lowest BCUT2D eigenvalue weighted by Gasteiger charge is -2.09. The van der Waals surface area contributed by atoms with E-state index in [9.17, 15) is 9.59 Å². The second-order valence-corrected chi connectivity index (χ2v) is 4.52. The highest BCUT2D eigenvalue weighted by Crippen LogP contribution is 2.14. The zero-order chi connectivity index (χ0) is 13.7. The van der Waals surface area contributed by atoms with Gasteiger partial charge in [0.05, 0.1) is 12.1 Å². The van der Waals surface area contributed by atoms with E-state index >= 15 is 0 Å². The molecule has 0 spiro atoms. The Labute approximate surface area is 114 Å². The van der Waals surface area contributed by atoms with Gasteiger partial charge in [-0.25, -0.2) is 0 Å². The molecule has 1 rings (SSSR count). The van der Waals surface area contributed by atoms with Gasteiger partial charge in [-0.15, -0.1) is 10.2 Å². The van der Waals surface area contributed by atoms with Gasteiger partial charge in [-0.2, -0.15) is 0 Å².